The Hall–Kier alpha value is -4.32. The second kappa shape index (κ2) is 10.3. The molecule has 1 amide bonds. The lowest BCUT2D eigenvalue weighted by Crippen LogP contribution is -2.54. The highest BCUT2D eigenvalue weighted by Crippen LogP contribution is 2.29. The molecule has 4 rings (SSSR count). The van der Waals surface area contributed by atoms with Crippen LogP contribution in [0.1, 0.15) is 58.2 Å². The van der Waals surface area contributed by atoms with E-state index < -0.39 is 23.5 Å². The molecule has 0 N–H and O–H groups in total. The van der Waals surface area contributed by atoms with Crippen LogP contribution in [-0.2, 0) is 4.74 Å². The number of amides is 1. The van der Waals surface area contributed by atoms with Crippen molar-refractivity contribution in [3.63, 3.8) is 0 Å². The summed E-state index contributed by atoms with van der Waals surface area (Å²) in [5.74, 6) is -0.545. The lowest BCUT2D eigenvalue weighted by Gasteiger charge is -2.36. The van der Waals surface area contributed by atoms with Gasteiger partial charge in [-0.1, -0.05) is 90.0 Å². The summed E-state index contributed by atoms with van der Waals surface area (Å²) in [6.45, 7) is 9.10. The second-order valence-electron chi connectivity index (χ2n) is 10.1. The fraction of sp³-hybridized carbons (Fsp3) is 0.226. The van der Waals surface area contributed by atoms with E-state index in [4.69, 9.17) is 4.74 Å². The van der Waals surface area contributed by atoms with Gasteiger partial charge in [-0.15, -0.1) is 0 Å². The van der Waals surface area contributed by atoms with Gasteiger partial charge in [-0.3, -0.25) is 9.59 Å². The van der Waals surface area contributed by atoms with E-state index in [1.807, 2.05) is 56.3 Å². The molecule has 0 saturated heterocycles. The lowest BCUT2D eigenvalue weighted by molar-refractivity contribution is 0.0319. The molecule has 1 atom stereocenters. The molecule has 37 heavy (non-hydrogen) atoms. The molecule has 188 valence electrons. The van der Waals surface area contributed by atoms with Gasteiger partial charge in [-0.05, 0) is 34.6 Å². The second-order valence-corrected chi connectivity index (χ2v) is 10.1. The van der Waals surface area contributed by atoms with Gasteiger partial charge in [0.2, 0.25) is 0 Å². The normalized spacial score (nSPS) is 15.5. The molecular formula is C31H30N2O4. The first-order valence-corrected chi connectivity index (χ1v) is 12.1. The minimum Gasteiger partial charge on any atom is -0.443 e. The van der Waals surface area contributed by atoms with Crippen molar-refractivity contribution in [1.29, 1.82) is 0 Å². The smallest absolute Gasteiger partial charge is 0.417 e. The van der Waals surface area contributed by atoms with E-state index in [1.54, 1.807) is 57.2 Å². The maximum atomic E-state index is 14.1. The number of Topliss-reactive ketones (excluding diaryl/α,β-unsaturated/α-hetero) is 2. The van der Waals surface area contributed by atoms with Crippen molar-refractivity contribution in [3.8, 4) is 0 Å². The van der Waals surface area contributed by atoms with Crippen molar-refractivity contribution in [2.75, 3.05) is 0 Å². The standard InChI is InChI=1S/C31H30N2O4/c1-20-11-15-22(16-12-20)27(34)25-19-32-29(24-9-7-6-8-10-24)33(30(36)37-31(3,4)5)26(25)28(35)23-17-13-21(2)14-18-23/h6-19,26H,1-5H3. The number of nitrogens with zero attached hydrogens (tertiary/aromatic N) is 2. The molecule has 1 unspecified atom stereocenters. The van der Waals surface area contributed by atoms with Gasteiger partial charge in [-0.2, -0.15) is 0 Å². The summed E-state index contributed by atoms with van der Waals surface area (Å²) >= 11 is 0. The minimum atomic E-state index is -1.26. The Bertz CT molecular complexity index is 1380. The molecule has 0 aromatic heterocycles. The number of ketones is 2. The largest absolute Gasteiger partial charge is 0.443 e. The number of hydrogen-bond acceptors (Lipinski definition) is 5. The van der Waals surface area contributed by atoms with Crippen LogP contribution in [0.25, 0.3) is 0 Å². The minimum absolute atomic E-state index is 0.0972. The Morgan fingerprint density at radius 1 is 0.784 bits per heavy atom. The van der Waals surface area contributed by atoms with E-state index in [0.717, 1.165) is 11.1 Å². The first-order chi connectivity index (χ1) is 17.5. The third-order valence-corrected chi connectivity index (χ3v) is 5.89. The Balaban J connectivity index is 1.91. The zero-order valence-electron chi connectivity index (χ0n) is 21.7. The van der Waals surface area contributed by atoms with E-state index in [9.17, 15) is 14.4 Å². The van der Waals surface area contributed by atoms with Crippen LogP contribution in [0.4, 0.5) is 4.79 Å². The van der Waals surface area contributed by atoms with E-state index in [0.29, 0.717) is 16.7 Å². The van der Waals surface area contributed by atoms with E-state index in [-0.39, 0.29) is 17.2 Å². The Morgan fingerprint density at radius 2 is 1.32 bits per heavy atom. The van der Waals surface area contributed by atoms with Gasteiger partial charge in [0.15, 0.2) is 11.6 Å². The van der Waals surface area contributed by atoms with E-state index >= 15 is 0 Å². The number of aryl methyl sites for hydroxylation is 2. The molecule has 1 aliphatic rings. The fourth-order valence-corrected chi connectivity index (χ4v) is 4.02. The van der Waals surface area contributed by atoms with Crippen molar-refractivity contribution < 1.29 is 19.1 Å². The van der Waals surface area contributed by atoms with Gasteiger partial charge < -0.3 is 4.74 Å². The van der Waals surface area contributed by atoms with Crippen LogP contribution in [-0.4, -0.2) is 40.0 Å². The monoisotopic (exact) mass is 494 g/mol. The first kappa shape index (κ1) is 25.8. The maximum Gasteiger partial charge on any atom is 0.417 e. The van der Waals surface area contributed by atoms with Gasteiger partial charge in [0, 0.05) is 28.5 Å². The van der Waals surface area contributed by atoms with Crippen LogP contribution in [0.5, 0.6) is 0 Å². The summed E-state index contributed by atoms with van der Waals surface area (Å²) < 4.78 is 5.73. The number of carbonyl (C=O) groups is 3. The predicted molar refractivity (Wildman–Crippen MR) is 144 cm³/mol. The lowest BCUT2D eigenvalue weighted by atomic mass is 9.89. The average Bonchev–Trinajstić information content (AvgIpc) is 2.87. The summed E-state index contributed by atoms with van der Waals surface area (Å²) in [4.78, 5) is 47.2. The molecule has 6 heteroatoms. The Kier molecular flexibility index (Phi) is 7.21. The molecule has 0 spiro atoms. The van der Waals surface area contributed by atoms with E-state index in [1.165, 1.54) is 11.1 Å². The maximum absolute atomic E-state index is 14.1. The summed E-state index contributed by atoms with van der Waals surface area (Å²) in [5, 5.41) is 0. The quantitative estimate of drug-likeness (QED) is 0.389. The van der Waals surface area contributed by atoms with E-state index in [2.05, 4.69) is 4.99 Å². The number of aliphatic imine (C=N–C) groups is 1. The van der Waals surface area contributed by atoms with Crippen molar-refractivity contribution >= 4 is 23.5 Å². The molecule has 0 bridgehead atoms. The molecule has 0 radical (unpaired) electrons. The first-order valence-electron chi connectivity index (χ1n) is 12.1. The highest BCUT2D eigenvalue weighted by Gasteiger charge is 2.43. The van der Waals surface area contributed by atoms with Gasteiger partial charge in [0.05, 0.1) is 0 Å². The third kappa shape index (κ3) is 5.75. The number of rotatable bonds is 5. The summed E-state index contributed by atoms with van der Waals surface area (Å²) in [6.07, 6.45) is 0.644. The summed E-state index contributed by atoms with van der Waals surface area (Å²) in [7, 11) is 0. The number of hydrogen-bond donors (Lipinski definition) is 0. The molecule has 6 nitrogen and oxygen atoms in total. The van der Waals surface area contributed by atoms with Crippen LogP contribution >= 0.6 is 0 Å². The van der Waals surface area contributed by atoms with Crippen LogP contribution < -0.4 is 0 Å². The van der Waals surface area contributed by atoms with Crippen molar-refractivity contribution in [1.82, 2.24) is 4.90 Å². The molecule has 1 aliphatic heterocycles. The van der Waals surface area contributed by atoms with Crippen molar-refractivity contribution in [3.05, 3.63) is 118 Å². The fourth-order valence-electron chi connectivity index (χ4n) is 4.02. The third-order valence-electron chi connectivity index (χ3n) is 5.89. The summed E-state index contributed by atoms with van der Waals surface area (Å²) in [6, 6.07) is 21.9. The molecular weight excluding hydrogens is 464 g/mol. The van der Waals surface area contributed by atoms with Crippen LogP contribution in [0.3, 0.4) is 0 Å². The van der Waals surface area contributed by atoms with Crippen LogP contribution in [0.2, 0.25) is 0 Å². The zero-order chi connectivity index (χ0) is 26.7. The molecule has 0 saturated carbocycles. The molecule has 1 heterocycles. The topological polar surface area (TPSA) is 76.0 Å². The van der Waals surface area contributed by atoms with Gasteiger partial charge >= 0.3 is 6.09 Å². The van der Waals surface area contributed by atoms with Gasteiger partial charge in [0.25, 0.3) is 0 Å². The van der Waals surface area contributed by atoms with Crippen LogP contribution in [0.15, 0.2) is 95.6 Å². The number of benzene rings is 3. The molecule has 3 aromatic carbocycles. The van der Waals surface area contributed by atoms with Gasteiger partial charge in [0.1, 0.15) is 17.5 Å². The molecule has 0 fully saturated rings. The molecule has 3 aromatic rings. The Morgan fingerprint density at radius 3 is 1.86 bits per heavy atom. The number of ether oxygens (including phenoxy) is 1. The molecule has 0 aliphatic carbocycles. The average molecular weight is 495 g/mol. The zero-order valence-corrected chi connectivity index (χ0v) is 21.7. The Labute approximate surface area is 217 Å². The number of amidine groups is 1. The van der Waals surface area contributed by atoms with Gasteiger partial charge in [-0.25, -0.2) is 14.7 Å². The highest BCUT2D eigenvalue weighted by molar-refractivity contribution is 6.21. The SMILES string of the molecule is Cc1ccc(C(=O)C2=CN=C(c3ccccc3)N(C(=O)OC(C)(C)C)C2C(=O)c2ccc(C)cc2)cc1. The van der Waals surface area contributed by atoms with Crippen molar-refractivity contribution in [2.45, 2.75) is 46.3 Å². The highest BCUT2D eigenvalue weighted by atomic mass is 16.6. The predicted octanol–water partition coefficient (Wildman–Crippen LogP) is 6.32. The van der Waals surface area contributed by atoms with Crippen LogP contribution in [0, 0.1) is 13.8 Å². The van der Waals surface area contributed by atoms with Crippen molar-refractivity contribution in [2.24, 2.45) is 4.99 Å². The number of carbonyl (C=O) groups excluding carboxylic acids is 3. The summed E-state index contributed by atoms with van der Waals surface area (Å²) in [5.41, 5.74) is 2.65.